The van der Waals surface area contributed by atoms with Gasteiger partial charge in [0.15, 0.2) is 6.20 Å². The predicted molar refractivity (Wildman–Crippen MR) is 67.3 cm³/mol. The van der Waals surface area contributed by atoms with Gasteiger partial charge in [-0.3, -0.25) is 0 Å². The SMILES string of the molecule is Cc1ccc(-c2ccc(C)c[n+]2C)c(C)c1. The highest BCUT2D eigenvalue weighted by molar-refractivity contribution is 5.61. The van der Waals surface area contributed by atoms with Crippen LogP contribution in [0.1, 0.15) is 16.7 Å². The molecule has 0 saturated heterocycles. The van der Waals surface area contributed by atoms with Crippen LogP contribution in [0.5, 0.6) is 0 Å². The van der Waals surface area contributed by atoms with Crippen molar-refractivity contribution < 1.29 is 4.57 Å². The summed E-state index contributed by atoms with van der Waals surface area (Å²) in [6, 6.07) is 11.0. The van der Waals surface area contributed by atoms with E-state index in [4.69, 9.17) is 0 Å². The van der Waals surface area contributed by atoms with Crippen molar-refractivity contribution >= 4 is 0 Å². The fraction of sp³-hybridized carbons (Fsp3) is 0.267. The van der Waals surface area contributed by atoms with Crippen molar-refractivity contribution in [1.82, 2.24) is 0 Å². The second-order valence-corrected chi connectivity index (χ2v) is 4.52. The highest BCUT2D eigenvalue weighted by Crippen LogP contribution is 2.21. The molecule has 0 unspecified atom stereocenters. The lowest BCUT2D eigenvalue weighted by Gasteiger charge is -2.05. The lowest BCUT2D eigenvalue weighted by Crippen LogP contribution is -2.31. The first-order valence-electron chi connectivity index (χ1n) is 5.62. The number of aryl methyl sites for hydroxylation is 4. The van der Waals surface area contributed by atoms with Gasteiger partial charge in [-0.2, -0.15) is 0 Å². The molecule has 1 aromatic carbocycles. The van der Waals surface area contributed by atoms with E-state index in [0.29, 0.717) is 0 Å². The lowest BCUT2D eigenvalue weighted by molar-refractivity contribution is -0.660. The summed E-state index contributed by atoms with van der Waals surface area (Å²) in [5, 5.41) is 0. The van der Waals surface area contributed by atoms with E-state index in [2.05, 4.69) is 68.9 Å². The van der Waals surface area contributed by atoms with Crippen LogP contribution in [0.4, 0.5) is 0 Å². The van der Waals surface area contributed by atoms with Gasteiger partial charge in [0.2, 0.25) is 5.69 Å². The van der Waals surface area contributed by atoms with E-state index in [-0.39, 0.29) is 0 Å². The Morgan fingerprint density at radius 2 is 1.56 bits per heavy atom. The molecule has 0 aliphatic heterocycles. The highest BCUT2D eigenvalue weighted by atomic mass is 14.9. The van der Waals surface area contributed by atoms with E-state index in [9.17, 15) is 0 Å². The zero-order valence-electron chi connectivity index (χ0n) is 10.4. The summed E-state index contributed by atoms with van der Waals surface area (Å²) >= 11 is 0. The third kappa shape index (κ3) is 1.99. The quantitative estimate of drug-likeness (QED) is 0.639. The molecule has 0 N–H and O–H groups in total. The standard InChI is InChI=1S/C15H18N/c1-11-5-7-14(13(3)9-11)15-8-6-12(2)10-16(15)4/h5-10H,1-4H3/q+1. The molecule has 0 radical (unpaired) electrons. The summed E-state index contributed by atoms with van der Waals surface area (Å²) in [4.78, 5) is 0. The molecule has 0 atom stereocenters. The number of hydrogen-bond acceptors (Lipinski definition) is 0. The van der Waals surface area contributed by atoms with E-state index in [1.54, 1.807) is 0 Å². The second kappa shape index (κ2) is 4.09. The summed E-state index contributed by atoms with van der Waals surface area (Å²) < 4.78 is 2.19. The monoisotopic (exact) mass is 212 g/mol. The van der Waals surface area contributed by atoms with Gasteiger partial charge < -0.3 is 0 Å². The Kier molecular flexibility index (Phi) is 2.78. The first-order valence-corrected chi connectivity index (χ1v) is 5.62. The van der Waals surface area contributed by atoms with Gasteiger partial charge in [-0.05, 0) is 38.5 Å². The van der Waals surface area contributed by atoms with Gasteiger partial charge in [-0.15, -0.1) is 0 Å². The van der Waals surface area contributed by atoms with Crippen LogP contribution in [0.2, 0.25) is 0 Å². The summed E-state index contributed by atoms with van der Waals surface area (Å²) in [6.07, 6.45) is 2.16. The minimum Gasteiger partial charge on any atom is -0.201 e. The van der Waals surface area contributed by atoms with Crippen LogP contribution < -0.4 is 4.57 Å². The molecular formula is C15H18N+. The van der Waals surface area contributed by atoms with Crippen LogP contribution >= 0.6 is 0 Å². The van der Waals surface area contributed by atoms with Crippen LogP contribution in [0.3, 0.4) is 0 Å². The van der Waals surface area contributed by atoms with E-state index >= 15 is 0 Å². The third-order valence-corrected chi connectivity index (χ3v) is 2.94. The van der Waals surface area contributed by atoms with Crippen molar-refractivity contribution in [2.75, 3.05) is 0 Å². The minimum absolute atomic E-state index is 1.27. The normalized spacial score (nSPS) is 10.5. The topological polar surface area (TPSA) is 3.88 Å². The van der Waals surface area contributed by atoms with Crippen molar-refractivity contribution in [3.63, 3.8) is 0 Å². The number of aromatic nitrogens is 1. The molecule has 0 bridgehead atoms. The Morgan fingerprint density at radius 1 is 0.875 bits per heavy atom. The van der Waals surface area contributed by atoms with Gasteiger partial charge in [0.05, 0.1) is 0 Å². The zero-order chi connectivity index (χ0) is 11.7. The molecule has 0 aliphatic rings. The van der Waals surface area contributed by atoms with Crippen LogP contribution in [0.25, 0.3) is 11.3 Å². The molecule has 0 aliphatic carbocycles. The fourth-order valence-electron chi connectivity index (χ4n) is 2.13. The van der Waals surface area contributed by atoms with Crippen LogP contribution in [-0.4, -0.2) is 0 Å². The molecule has 1 heterocycles. The molecule has 1 nitrogen and oxygen atoms in total. The zero-order valence-corrected chi connectivity index (χ0v) is 10.4. The molecule has 0 fully saturated rings. The molecule has 2 aromatic rings. The molecular weight excluding hydrogens is 194 g/mol. The third-order valence-electron chi connectivity index (χ3n) is 2.94. The summed E-state index contributed by atoms with van der Waals surface area (Å²) in [5.74, 6) is 0. The predicted octanol–water partition coefficient (Wildman–Crippen LogP) is 3.10. The number of rotatable bonds is 1. The molecule has 1 heteroatoms. The number of benzene rings is 1. The summed E-state index contributed by atoms with van der Waals surface area (Å²) in [7, 11) is 2.10. The molecule has 0 spiro atoms. The largest absolute Gasteiger partial charge is 0.212 e. The molecule has 0 saturated carbocycles. The minimum atomic E-state index is 1.27. The van der Waals surface area contributed by atoms with Crippen molar-refractivity contribution in [3.8, 4) is 11.3 Å². The Balaban J connectivity index is 2.59. The molecule has 82 valence electrons. The number of pyridine rings is 1. The molecule has 16 heavy (non-hydrogen) atoms. The molecule has 0 amide bonds. The van der Waals surface area contributed by atoms with Gasteiger partial charge >= 0.3 is 0 Å². The number of nitrogens with zero attached hydrogens (tertiary/aromatic N) is 1. The van der Waals surface area contributed by atoms with Gasteiger partial charge in [0.1, 0.15) is 7.05 Å². The average molecular weight is 212 g/mol. The molecule has 2 rings (SSSR count). The van der Waals surface area contributed by atoms with Crippen LogP contribution in [0.15, 0.2) is 36.5 Å². The summed E-state index contributed by atoms with van der Waals surface area (Å²) in [5.41, 5.74) is 6.52. The van der Waals surface area contributed by atoms with E-state index in [1.165, 1.54) is 27.9 Å². The number of hydrogen-bond donors (Lipinski definition) is 0. The van der Waals surface area contributed by atoms with Crippen molar-refractivity contribution in [2.24, 2.45) is 7.05 Å². The summed E-state index contributed by atoms with van der Waals surface area (Å²) in [6.45, 7) is 6.42. The Labute approximate surface area is 97.4 Å². The van der Waals surface area contributed by atoms with Gasteiger partial charge in [0.25, 0.3) is 0 Å². The fourth-order valence-corrected chi connectivity index (χ4v) is 2.13. The molecule has 1 aromatic heterocycles. The Morgan fingerprint density at radius 3 is 2.19 bits per heavy atom. The Hall–Kier alpha value is -1.63. The van der Waals surface area contributed by atoms with Crippen molar-refractivity contribution in [1.29, 1.82) is 0 Å². The lowest BCUT2D eigenvalue weighted by atomic mass is 10.0. The maximum absolute atomic E-state index is 2.23. The van der Waals surface area contributed by atoms with E-state index in [0.717, 1.165) is 0 Å². The van der Waals surface area contributed by atoms with Gasteiger partial charge in [-0.1, -0.05) is 17.7 Å². The van der Waals surface area contributed by atoms with Crippen LogP contribution in [0, 0.1) is 20.8 Å². The second-order valence-electron chi connectivity index (χ2n) is 4.52. The Bertz CT molecular complexity index is 477. The van der Waals surface area contributed by atoms with Crippen molar-refractivity contribution in [2.45, 2.75) is 20.8 Å². The highest BCUT2D eigenvalue weighted by Gasteiger charge is 2.11. The van der Waals surface area contributed by atoms with Crippen molar-refractivity contribution in [3.05, 3.63) is 53.2 Å². The average Bonchev–Trinajstić information content (AvgIpc) is 2.19. The van der Waals surface area contributed by atoms with Gasteiger partial charge in [-0.25, -0.2) is 4.57 Å². The van der Waals surface area contributed by atoms with E-state index in [1.807, 2.05) is 0 Å². The van der Waals surface area contributed by atoms with Crippen LogP contribution in [-0.2, 0) is 7.05 Å². The van der Waals surface area contributed by atoms with Gasteiger partial charge in [0, 0.05) is 17.2 Å². The van der Waals surface area contributed by atoms with E-state index < -0.39 is 0 Å². The maximum Gasteiger partial charge on any atom is 0.212 e. The smallest absolute Gasteiger partial charge is 0.201 e. The first kappa shape index (κ1) is 10.9. The maximum atomic E-state index is 2.23. The first-order chi connectivity index (χ1) is 7.58.